The third-order valence-electron chi connectivity index (χ3n) is 5.59. The van der Waals surface area contributed by atoms with Crippen LogP contribution in [0.4, 0.5) is 9.80 Å². The molecule has 0 saturated carbocycles. The van der Waals surface area contributed by atoms with Crippen LogP contribution in [0.25, 0.3) is 10.1 Å². The predicted octanol–water partition coefficient (Wildman–Crippen LogP) is 5.47. The Balaban J connectivity index is 1.56. The third kappa shape index (κ3) is 3.68. The van der Waals surface area contributed by atoms with Gasteiger partial charge in [0.2, 0.25) is 0 Å². The number of thiophene rings is 1. The van der Waals surface area contributed by atoms with Crippen LogP contribution in [-0.4, -0.2) is 35.7 Å². The van der Waals surface area contributed by atoms with Gasteiger partial charge >= 0.3 is 6.03 Å². The normalized spacial score (nSPS) is 18.6. The zero-order valence-corrected chi connectivity index (χ0v) is 17.9. The van der Waals surface area contributed by atoms with Crippen LogP contribution in [-0.2, 0) is 5.60 Å². The van der Waals surface area contributed by atoms with Gasteiger partial charge in [0.1, 0.15) is 16.4 Å². The summed E-state index contributed by atoms with van der Waals surface area (Å²) in [5, 5.41) is 16.4. The lowest BCUT2D eigenvalue weighted by atomic mass is 9.86. The molecule has 2 aromatic carbocycles. The molecule has 1 aromatic heterocycles. The first-order valence-electron chi connectivity index (χ1n) is 9.53. The first-order valence-corrected chi connectivity index (χ1v) is 10.7. The maximum atomic E-state index is 13.1. The number of nitrogens with one attached hydrogen (secondary N) is 1. The maximum absolute atomic E-state index is 13.1. The lowest BCUT2D eigenvalue weighted by Crippen LogP contribution is -2.49. The summed E-state index contributed by atoms with van der Waals surface area (Å²) in [7, 11) is 1.61. The highest BCUT2D eigenvalue weighted by Crippen LogP contribution is 2.40. The van der Waals surface area contributed by atoms with E-state index in [1.165, 1.54) is 11.3 Å². The zero-order valence-electron chi connectivity index (χ0n) is 16.3. The van der Waals surface area contributed by atoms with Gasteiger partial charge in [-0.15, -0.1) is 11.3 Å². The Morgan fingerprint density at radius 1 is 1.28 bits per heavy atom. The molecule has 0 spiro atoms. The molecule has 2 atom stereocenters. The van der Waals surface area contributed by atoms with Crippen LogP contribution >= 0.6 is 22.9 Å². The van der Waals surface area contributed by atoms with Gasteiger partial charge in [-0.3, -0.25) is 5.32 Å². The van der Waals surface area contributed by atoms with Crippen LogP contribution in [0, 0.1) is 0 Å². The van der Waals surface area contributed by atoms with E-state index in [1.807, 2.05) is 48.5 Å². The van der Waals surface area contributed by atoms with Crippen molar-refractivity contribution in [2.24, 2.45) is 0 Å². The van der Waals surface area contributed by atoms with E-state index in [4.69, 9.17) is 16.3 Å². The van der Waals surface area contributed by atoms with Crippen molar-refractivity contribution in [2.75, 3.05) is 19.0 Å². The highest BCUT2D eigenvalue weighted by Gasteiger charge is 2.42. The van der Waals surface area contributed by atoms with Gasteiger partial charge in [0, 0.05) is 16.6 Å². The molecule has 0 unspecified atom stereocenters. The number of ether oxygens (including phenoxy) is 1. The summed E-state index contributed by atoms with van der Waals surface area (Å²) in [5.41, 5.74) is -0.424. The van der Waals surface area contributed by atoms with E-state index in [2.05, 4.69) is 5.32 Å². The molecule has 1 aliphatic rings. The van der Waals surface area contributed by atoms with Crippen LogP contribution in [0.3, 0.4) is 0 Å². The van der Waals surface area contributed by atoms with Gasteiger partial charge in [0.05, 0.1) is 18.2 Å². The fourth-order valence-electron chi connectivity index (χ4n) is 3.98. The van der Waals surface area contributed by atoms with Gasteiger partial charge < -0.3 is 14.7 Å². The number of rotatable bonds is 4. The molecule has 4 rings (SSSR count). The van der Waals surface area contributed by atoms with Crippen LogP contribution in [0.1, 0.15) is 25.3 Å². The number of hydrogen-bond donors (Lipinski definition) is 2. The highest BCUT2D eigenvalue weighted by atomic mass is 35.5. The van der Waals surface area contributed by atoms with E-state index in [9.17, 15) is 9.90 Å². The Bertz CT molecular complexity index is 1030. The van der Waals surface area contributed by atoms with Crippen molar-refractivity contribution >= 4 is 44.1 Å². The number of halogens is 1. The van der Waals surface area contributed by atoms with Crippen molar-refractivity contribution in [3.8, 4) is 5.75 Å². The number of methoxy groups -OCH3 is 1. The number of benzene rings is 2. The topological polar surface area (TPSA) is 61.8 Å². The third-order valence-corrected chi connectivity index (χ3v) is 7.18. The fourth-order valence-corrected chi connectivity index (χ4v) is 5.35. The number of carbonyl (C=O) groups excluding carboxylic acids is 1. The maximum Gasteiger partial charge on any atom is 0.322 e. The van der Waals surface area contributed by atoms with Gasteiger partial charge in [-0.05, 0) is 43.5 Å². The Labute approximate surface area is 178 Å². The number of urea groups is 1. The SMILES string of the molecule is COc1ccc([C@@](C)(O)[C@@H]2CCCN2C(=O)Nc2sc3ccccc3c2Cl)cc1. The Kier molecular flexibility index (Phi) is 5.42. The van der Waals surface area contributed by atoms with E-state index < -0.39 is 5.60 Å². The smallest absolute Gasteiger partial charge is 0.322 e. The molecule has 0 aliphatic carbocycles. The minimum atomic E-state index is -1.18. The van der Waals surface area contributed by atoms with Crippen LogP contribution < -0.4 is 10.1 Å². The molecule has 0 bridgehead atoms. The molecule has 29 heavy (non-hydrogen) atoms. The Morgan fingerprint density at radius 3 is 2.69 bits per heavy atom. The predicted molar refractivity (Wildman–Crippen MR) is 118 cm³/mol. The minimum Gasteiger partial charge on any atom is -0.497 e. The lowest BCUT2D eigenvalue weighted by molar-refractivity contribution is -0.00943. The largest absolute Gasteiger partial charge is 0.497 e. The van der Waals surface area contributed by atoms with E-state index in [0.717, 1.165) is 34.2 Å². The summed E-state index contributed by atoms with van der Waals surface area (Å²) in [6.07, 6.45) is 1.57. The van der Waals surface area contributed by atoms with E-state index in [-0.39, 0.29) is 12.1 Å². The summed E-state index contributed by atoms with van der Waals surface area (Å²) in [4.78, 5) is 14.8. The highest BCUT2D eigenvalue weighted by molar-refractivity contribution is 7.23. The summed E-state index contributed by atoms with van der Waals surface area (Å²) < 4.78 is 6.23. The Hall–Kier alpha value is -2.28. The first kappa shape index (κ1) is 20.0. The summed E-state index contributed by atoms with van der Waals surface area (Å²) in [5.74, 6) is 0.727. The second kappa shape index (κ2) is 7.86. The van der Waals surface area contributed by atoms with Gasteiger partial charge in [-0.25, -0.2) is 4.79 Å². The molecule has 7 heteroatoms. The first-order chi connectivity index (χ1) is 13.9. The molecule has 2 N–H and O–H groups in total. The molecular formula is C22H23ClN2O3S. The number of carbonyl (C=O) groups is 1. The van der Waals surface area contributed by atoms with Crippen LogP contribution in [0.5, 0.6) is 5.75 Å². The standard InChI is InChI=1S/C22H23ClN2O3S/c1-22(27,14-9-11-15(28-2)12-10-14)18-8-5-13-25(18)21(26)24-20-19(23)16-6-3-4-7-17(16)29-20/h3-4,6-7,9-12,18,27H,5,8,13H2,1-2H3,(H,24,26)/t18-,22+/m0/s1. The minimum absolute atomic E-state index is 0.241. The summed E-state index contributed by atoms with van der Waals surface area (Å²) >= 11 is 7.93. The van der Waals surface area contributed by atoms with Crippen molar-refractivity contribution in [3.63, 3.8) is 0 Å². The molecule has 1 fully saturated rings. The molecule has 5 nitrogen and oxygen atoms in total. The van der Waals surface area contributed by atoms with Crippen molar-refractivity contribution in [2.45, 2.75) is 31.4 Å². The van der Waals surface area contributed by atoms with E-state index in [1.54, 1.807) is 18.9 Å². The molecule has 152 valence electrons. The van der Waals surface area contributed by atoms with Gasteiger partial charge in [0.15, 0.2) is 0 Å². The van der Waals surface area contributed by atoms with E-state index >= 15 is 0 Å². The van der Waals surface area contributed by atoms with Crippen molar-refractivity contribution in [3.05, 3.63) is 59.1 Å². The Morgan fingerprint density at radius 2 is 2.00 bits per heavy atom. The number of likely N-dealkylation sites (tertiary alicyclic amines) is 1. The number of amides is 2. The number of hydrogen-bond acceptors (Lipinski definition) is 4. The molecule has 1 saturated heterocycles. The van der Waals surface area contributed by atoms with Gasteiger partial charge in [-0.2, -0.15) is 0 Å². The molecule has 2 heterocycles. The van der Waals surface area contributed by atoms with Gasteiger partial charge in [-0.1, -0.05) is 41.9 Å². The molecule has 3 aromatic rings. The van der Waals surface area contributed by atoms with Crippen molar-refractivity contribution in [1.82, 2.24) is 4.90 Å². The molecule has 2 amide bonds. The van der Waals surface area contributed by atoms with Crippen molar-refractivity contribution in [1.29, 1.82) is 0 Å². The van der Waals surface area contributed by atoms with Crippen molar-refractivity contribution < 1.29 is 14.6 Å². The second-order valence-corrected chi connectivity index (χ2v) is 8.83. The molecule has 0 radical (unpaired) electrons. The van der Waals surface area contributed by atoms with E-state index in [0.29, 0.717) is 16.6 Å². The average Bonchev–Trinajstić information content (AvgIpc) is 3.34. The second-order valence-electron chi connectivity index (χ2n) is 7.40. The monoisotopic (exact) mass is 430 g/mol. The van der Waals surface area contributed by atoms with Crippen LogP contribution in [0.2, 0.25) is 5.02 Å². The number of fused-ring (bicyclic) bond motifs is 1. The lowest BCUT2D eigenvalue weighted by Gasteiger charge is -2.36. The number of aliphatic hydroxyl groups is 1. The number of anilines is 1. The molecule has 1 aliphatic heterocycles. The van der Waals surface area contributed by atoms with Gasteiger partial charge in [0.25, 0.3) is 0 Å². The molecular weight excluding hydrogens is 408 g/mol. The summed E-state index contributed by atoms with van der Waals surface area (Å²) in [6.45, 7) is 2.35. The number of nitrogens with zero attached hydrogens (tertiary/aromatic N) is 1. The summed E-state index contributed by atoms with van der Waals surface area (Å²) in [6, 6.07) is 14.6. The van der Waals surface area contributed by atoms with Crippen LogP contribution in [0.15, 0.2) is 48.5 Å². The zero-order chi connectivity index (χ0) is 20.6. The quantitative estimate of drug-likeness (QED) is 0.577. The average molecular weight is 431 g/mol. The fraction of sp³-hybridized carbons (Fsp3) is 0.318.